The van der Waals surface area contributed by atoms with Crippen LogP contribution in [0.5, 0.6) is 0 Å². The minimum absolute atomic E-state index is 0.119. The smallest absolute Gasteiger partial charge is 0.319 e. The van der Waals surface area contributed by atoms with Crippen LogP contribution in [0.2, 0.25) is 0 Å². The monoisotopic (exact) mass is 366 g/mol. The lowest BCUT2D eigenvalue weighted by Gasteiger charge is -2.37. The summed E-state index contributed by atoms with van der Waals surface area (Å²) in [5.74, 6) is -0.968. The van der Waals surface area contributed by atoms with E-state index in [1.54, 1.807) is 0 Å². The minimum Gasteiger partial charge on any atom is -0.461 e. The summed E-state index contributed by atoms with van der Waals surface area (Å²) < 4.78 is 23.4. The Balaban J connectivity index is 1.48. The predicted molar refractivity (Wildman–Crippen MR) is 92.2 cm³/mol. The number of Topliss-reactive ketones (excluding diaryl/α,β-unsaturated/α-hetero) is 1. The third kappa shape index (κ3) is 2.90. The molecule has 1 aliphatic carbocycles. The second-order valence-electron chi connectivity index (χ2n) is 9.27. The molecule has 2 bridgehead atoms. The number of carbonyl (C=O) groups is 2. The molecule has 146 valence electrons. The summed E-state index contributed by atoms with van der Waals surface area (Å²) in [6.45, 7) is 10.2. The molecule has 3 heterocycles. The Bertz CT molecular complexity index is 599. The van der Waals surface area contributed by atoms with Crippen LogP contribution >= 0.6 is 0 Å². The molecule has 4 fully saturated rings. The molecule has 6 heteroatoms. The van der Waals surface area contributed by atoms with E-state index in [0.717, 1.165) is 19.3 Å². The predicted octanol–water partition coefficient (Wildman–Crippen LogP) is 2.48. The van der Waals surface area contributed by atoms with Crippen molar-refractivity contribution in [2.24, 2.45) is 23.7 Å². The van der Waals surface area contributed by atoms with Crippen LogP contribution < -0.4 is 0 Å². The molecule has 26 heavy (non-hydrogen) atoms. The van der Waals surface area contributed by atoms with Crippen molar-refractivity contribution in [1.29, 1.82) is 0 Å². The molecule has 0 N–H and O–H groups in total. The highest BCUT2D eigenvalue weighted by Crippen LogP contribution is 2.47. The Morgan fingerprint density at radius 2 is 1.85 bits per heavy atom. The fourth-order valence-electron chi connectivity index (χ4n) is 5.19. The van der Waals surface area contributed by atoms with Crippen LogP contribution in [0.25, 0.3) is 0 Å². The van der Waals surface area contributed by atoms with Gasteiger partial charge in [-0.3, -0.25) is 9.59 Å². The second kappa shape index (κ2) is 6.28. The molecular formula is C20H30O6. The zero-order chi connectivity index (χ0) is 18.8. The van der Waals surface area contributed by atoms with Gasteiger partial charge in [-0.15, -0.1) is 0 Å². The van der Waals surface area contributed by atoms with Crippen LogP contribution in [0, 0.1) is 23.7 Å². The van der Waals surface area contributed by atoms with Gasteiger partial charge in [-0.2, -0.15) is 0 Å². The molecule has 0 aromatic carbocycles. The van der Waals surface area contributed by atoms with Crippen molar-refractivity contribution >= 4 is 11.8 Å². The average molecular weight is 366 g/mol. The SMILES string of the molecule is CC1CCC(C(C)C)C(OC(=O)C2C(=O)[C@H]3O[C@@H]2[C@@H]2OC(C)(C)O[C@@H]23)C1. The highest BCUT2D eigenvalue weighted by atomic mass is 16.8. The van der Waals surface area contributed by atoms with Crippen LogP contribution in [0.1, 0.15) is 53.9 Å². The van der Waals surface area contributed by atoms with Gasteiger partial charge in [-0.05, 0) is 44.4 Å². The van der Waals surface area contributed by atoms with E-state index in [-0.39, 0.29) is 18.0 Å². The Hall–Kier alpha value is -0.980. The first-order chi connectivity index (χ1) is 12.2. The maximum Gasteiger partial charge on any atom is 0.319 e. The van der Waals surface area contributed by atoms with Crippen LogP contribution in [0.15, 0.2) is 0 Å². The van der Waals surface area contributed by atoms with Crippen LogP contribution in [0.3, 0.4) is 0 Å². The molecule has 0 aromatic heterocycles. The summed E-state index contributed by atoms with van der Waals surface area (Å²) in [4.78, 5) is 25.6. The summed E-state index contributed by atoms with van der Waals surface area (Å²) in [5, 5.41) is 0. The van der Waals surface area contributed by atoms with Gasteiger partial charge in [0.1, 0.15) is 36.4 Å². The van der Waals surface area contributed by atoms with Gasteiger partial charge in [-0.1, -0.05) is 27.2 Å². The standard InChI is InChI=1S/C20H30O6/c1-9(2)11-7-6-10(3)8-12(11)23-19(22)13-14(21)16-18-17(15(13)24-16)25-20(4,5)26-18/h9-13,15-18H,6-8H2,1-5H3/t10?,11?,12?,13?,15-,16+,17-,18+/m0/s1. The normalized spacial score (nSPS) is 46.6. The number of ether oxygens (including phenoxy) is 4. The van der Waals surface area contributed by atoms with Crippen molar-refractivity contribution in [2.45, 2.75) is 90.2 Å². The largest absolute Gasteiger partial charge is 0.461 e. The molecule has 1 saturated carbocycles. The summed E-state index contributed by atoms with van der Waals surface area (Å²) in [7, 11) is 0. The third-order valence-corrected chi connectivity index (χ3v) is 6.49. The molecule has 0 spiro atoms. The van der Waals surface area contributed by atoms with E-state index in [0.29, 0.717) is 17.8 Å². The molecule has 4 rings (SSSR count). The number of rotatable bonds is 3. The van der Waals surface area contributed by atoms with Crippen LogP contribution in [-0.2, 0) is 28.5 Å². The summed E-state index contributed by atoms with van der Waals surface area (Å²) in [6, 6.07) is 0. The zero-order valence-corrected chi connectivity index (χ0v) is 16.3. The van der Waals surface area contributed by atoms with Gasteiger partial charge in [0.05, 0.1) is 0 Å². The molecule has 4 aliphatic rings. The first-order valence-corrected chi connectivity index (χ1v) is 9.93. The van der Waals surface area contributed by atoms with Gasteiger partial charge in [0.25, 0.3) is 0 Å². The van der Waals surface area contributed by atoms with E-state index in [1.807, 2.05) is 13.8 Å². The third-order valence-electron chi connectivity index (χ3n) is 6.49. The first-order valence-electron chi connectivity index (χ1n) is 9.93. The Morgan fingerprint density at radius 3 is 2.54 bits per heavy atom. The molecule has 0 amide bonds. The summed E-state index contributed by atoms with van der Waals surface area (Å²) in [6.07, 6.45) is 0.877. The van der Waals surface area contributed by atoms with Gasteiger partial charge in [0.15, 0.2) is 11.6 Å². The van der Waals surface area contributed by atoms with E-state index >= 15 is 0 Å². The molecular weight excluding hydrogens is 336 g/mol. The second-order valence-corrected chi connectivity index (χ2v) is 9.27. The average Bonchev–Trinajstić information content (AvgIpc) is 3.13. The maximum absolute atomic E-state index is 12.9. The molecule has 3 aliphatic heterocycles. The highest BCUT2D eigenvalue weighted by molar-refractivity contribution is 6.04. The molecule has 0 radical (unpaired) electrons. The van der Waals surface area contributed by atoms with Crippen LogP contribution in [-0.4, -0.2) is 48.1 Å². The number of hydrogen-bond donors (Lipinski definition) is 0. The Kier molecular flexibility index (Phi) is 4.44. The Labute approximate surface area is 154 Å². The summed E-state index contributed by atoms with van der Waals surface area (Å²) >= 11 is 0. The minimum atomic E-state index is -0.885. The number of hydrogen-bond acceptors (Lipinski definition) is 6. The van der Waals surface area contributed by atoms with Crippen molar-refractivity contribution < 1.29 is 28.5 Å². The lowest BCUT2D eigenvalue weighted by Crippen LogP contribution is -2.50. The van der Waals surface area contributed by atoms with E-state index in [2.05, 4.69) is 20.8 Å². The molecule has 6 nitrogen and oxygen atoms in total. The number of esters is 1. The fourth-order valence-corrected chi connectivity index (χ4v) is 5.19. The van der Waals surface area contributed by atoms with Crippen molar-refractivity contribution in [3.63, 3.8) is 0 Å². The summed E-state index contributed by atoms with van der Waals surface area (Å²) in [5.41, 5.74) is 0. The number of fused-ring (bicyclic) bond motifs is 5. The molecule has 0 aromatic rings. The highest BCUT2D eigenvalue weighted by Gasteiger charge is 2.68. The van der Waals surface area contributed by atoms with Crippen molar-refractivity contribution in [3.8, 4) is 0 Å². The molecule has 3 saturated heterocycles. The first kappa shape index (κ1) is 18.4. The Morgan fingerprint density at radius 1 is 1.15 bits per heavy atom. The van der Waals surface area contributed by atoms with Crippen molar-refractivity contribution in [3.05, 3.63) is 0 Å². The quantitative estimate of drug-likeness (QED) is 0.564. The maximum atomic E-state index is 12.9. The van der Waals surface area contributed by atoms with E-state index in [4.69, 9.17) is 18.9 Å². The van der Waals surface area contributed by atoms with Crippen molar-refractivity contribution in [2.75, 3.05) is 0 Å². The fraction of sp³-hybridized carbons (Fsp3) is 0.900. The molecule has 8 atom stereocenters. The molecule has 4 unspecified atom stereocenters. The lowest BCUT2D eigenvalue weighted by atomic mass is 9.75. The van der Waals surface area contributed by atoms with Gasteiger partial charge in [-0.25, -0.2) is 0 Å². The van der Waals surface area contributed by atoms with E-state index in [9.17, 15) is 9.59 Å². The van der Waals surface area contributed by atoms with E-state index < -0.39 is 36.0 Å². The number of carbonyl (C=O) groups excluding carboxylic acids is 2. The number of ketones is 1. The van der Waals surface area contributed by atoms with Crippen LogP contribution in [0.4, 0.5) is 0 Å². The van der Waals surface area contributed by atoms with E-state index in [1.165, 1.54) is 0 Å². The van der Waals surface area contributed by atoms with Gasteiger partial charge in [0, 0.05) is 0 Å². The van der Waals surface area contributed by atoms with Gasteiger partial charge >= 0.3 is 5.97 Å². The lowest BCUT2D eigenvalue weighted by molar-refractivity contribution is -0.182. The van der Waals surface area contributed by atoms with Crippen molar-refractivity contribution in [1.82, 2.24) is 0 Å². The topological polar surface area (TPSA) is 71.1 Å². The van der Waals surface area contributed by atoms with Gasteiger partial charge in [0.2, 0.25) is 0 Å². The van der Waals surface area contributed by atoms with Gasteiger partial charge < -0.3 is 18.9 Å². The zero-order valence-electron chi connectivity index (χ0n) is 16.3.